The van der Waals surface area contributed by atoms with Crippen molar-refractivity contribution in [1.29, 1.82) is 0 Å². The van der Waals surface area contributed by atoms with Crippen molar-refractivity contribution in [3.8, 4) is 33.2 Å². The maximum Gasteiger partial charge on any atom is 0.230 e. The van der Waals surface area contributed by atoms with Crippen molar-refractivity contribution in [1.82, 2.24) is 4.98 Å². The lowest BCUT2D eigenvalue weighted by molar-refractivity contribution is -0.115. The largest absolute Gasteiger partial charge is 0.497 e. The number of anilines is 1. The van der Waals surface area contributed by atoms with Crippen LogP contribution in [0.5, 0.6) is 11.5 Å². The van der Waals surface area contributed by atoms with Gasteiger partial charge >= 0.3 is 0 Å². The number of aromatic nitrogens is 1. The number of ether oxygens (including phenoxy) is 2. The van der Waals surface area contributed by atoms with Crippen LogP contribution in [-0.2, 0) is 11.2 Å². The summed E-state index contributed by atoms with van der Waals surface area (Å²) in [6, 6.07) is 25.5. The number of nitrogens with one attached hydrogen (secondary N) is 1. The molecule has 0 bridgehead atoms. The van der Waals surface area contributed by atoms with Crippen molar-refractivity contribution < 1.29 is 14.3 Å². The highest BCUT2D eigenvalue weighted by molar-refractivity contribution is 7.19. The Morgan fingerprint density at radius 1 is 0.903 bits per heavy atom. The van der Waals surface area contributed by atoms with Crippen LogP contribution in [0.4, 0.5) is 5.13 Å². The Morgan fingerprint density at radius 3 is 2.23 bits per heavy atom. The zero-order valence-electron chi connectivity index (χ0n) is 17.3. The SMILES string of the molecule is COc1ccc(OC)c(CC(=O)Nc2nc(-c3ccccc3)c(-c3ccccc3)s2)c1. The van der Waals surface area contributed by atoms with E-state index in [4.69, 9.17) is 14.5 Å². The van der Waals surface area contributed by atoms with Gasteiger partial charge in [0.15, 0.2) is 5.13 Å². The van der Waals surface area contributed by atoms with Crippen LogP contribution in [0.2, 0.25) is 0 Å². The summed E-state index contributed by atoms with van der Waals surface area (Å²) >= 11 is 1.46. The average Bonchev–Trinajstić information content (AvgIpc) is 3.23. The zero-order chi connectivity index (χ0) is 21.6. The molecular weight excluding hydrogens is 408 g/mol. The summed E-state index contributed by atoms with van der Waals surface area (Å²) in [6.45, 7) is 0. The maximum absolute atomic E-state index is 12.8. The Hall–Kier alpha value is -3.64. The number of hydrogen-bond acceptors (Lipinski definition) is 5. The first-order valence-corrected chi connectivity index (χ1v) is 10.6. The van der Waals surface area contributed by atoms with Crippen LogP contribution in [0.1, 0.15) is 5.56 Å². The molecule has 0 atom stereocenters. The molecule has 4 aromatic rings. The lowest BCUT2D eigenvalue weighted by Gasteiger charge is -2.10. The maximum atomic E-state index is 12.8. The van der Waals surface area contributed by atoms with Crippen LogP contribution in [0.3, 0.4) is 0 Å². The minimum atomic E-state index is -0.167. The van der Waals surface area contributed by atoms with Gasteiger partial charge < -0.3 is 14.8 Å². The predicted octanol–water partition coefficient (Wildman–Crippen LogP) is 5.68. The van der Waals surface area contributed by atoms with Crippen LogP contribution in [-0.4, -0.2) is 25.1 Å². The molecule has 0 unspecified atom stereocenters. The fraction of sp³-hybridized carbons (Fsp3) is 0.120. The summed E-state index contributed by atoms with van der Waals surface area (Å²) in [5.41, 5.74) is 3.68. The minimum absolute atomic E-state index is 0.154. The second-order valence-corrected chi connectivity index (χ2v) is 7.83. The Labute approximate surface area is 185 Å². The number of carbonyl (C=O) groups is 1. The van der Waals surface area contributed by atoms with Crippen molar-refractivity contribution in [3.05, 3.63) is 84.4 Å². The molecule has 0 saturated carbocycles. The number of thiazole rings is 1. The van der Waals surface area contributed by atoms with Gasteiger partial charge in [-0.25, -0.2) is 4.98 Å². The highest BCUT2D eigenvalue weighted by atomic mass is 32.1. The van der Waals surface area contributed by atoms with E-state index in [1.165, 1.54) is 11.3 Å². The molecule has 1 heterocycles. The lowest BCUT2D eigenvalue weighted by atomic mass is 10.1. The normalized spacial score (nSPS) is 10.5. The molecule has 1 aromatic heterocycles. The number of carbonyl (C=O) groups excluding carboxylic acids is 1. The molecule has 31 heavy (non-hydrogen) atoms. The molecule has 0 fully saturated rings. The molecule has 0 aliphatic rings. The van der Waals surface area contributed by atoms with E-state index in [0.717, 1.165) is 27.3 Å². The van der Waals surface area contributed by atoms with Gasteiger partial charge in [-0.3, -0.25) is 4.79 Å². The second kappa shape index (κ2) is 9.45. The molecule has 0 radical (unpaired) electrons. The molecule has 5 nitrogen and oxygen atoms in total. The van der Waals surface area contributed by atoms with Crippen LogP contribution in [0.15, 0.2) is 78.9 Å². The van der Waals surface area contributed by atoms with E-state index in [-0.39, 0.29) is 12.3 Å². The third kappa shape index (κ3) is 4.75. The number of benzene rings is 3. The summed E-state index contributed by atoms with van der Waals surface area (Å²) in [6.07, 6.45) is 0.154. The molecule has 156 valence electrons. The van der Waals surface area contributed by atoms with Crippen molar-refractivity contribution in [2.45, 2.75) is 6.42 Å². The van der Waals surface area contributed by atoms with Crippen LogP contribution in [0.25, 0.3) is 21.7 Å². The van der Waals surface area contributed by atoms with E-state index in [1.54, 1.807) is 26.4 Å². The smallest absolute Gasteiger partial charge is 0.230 e. The molecule has 1 amide bonds. The number of nitrogens with zero attached hydrogens (tertiary/aromatic N) is 1. The molecule has 4 rings (SSSR count). The predicted molar refractivity (Wildman–Crippen MR) is 125 cm³/mol. The fourth-order valence-corrected chi connectivity index (χ4v) is 4.32. The van der Waals surface area contributed by atoms with Gasteiger partial charge in [0.2, 0.25) is 5.91 Å². The molecule has 6 heteroatoms. The number of methoxy groups -OCH3 is 2. The molecule has 0 aliphatic carbocycles. The average molecular weight is 431 g/mol. The number of hydrogen-bond donors (Lipinski definition) is 1. The highest BCUT2D eigenvalue weighted by Crippen LogP contribution is 2.39. The summed E-state index contributed by atoms with van der Waals surface area (Å²) in [4.78, 5) is 18.6. The van der Waals surface area contributed by atoms with Crippen LogP contribution >= 0.6 is 11.3 Å². The van der Waals surface area contributed by atoms with Gasteiger partial charge in [0.1, 0.15) is 11.5 Å². The van der Waals surface area contributed by atoms with Crippen LogP contribution < -0.4 is 14.8 Å². The zero-order valence-corrected chi connectivity index (χ0v) is 18.1. The Balaban J connectivity index is 1.62. The molecular formula is C25H22N2O3S. The summed E-state index contributed by atoms with van der Waals surface area (Å²) < 4.78 is 10.7. The highest BCUT2D eigenvalue weighted by Gasteiger charge is 2.17. The first-order valence-electron chi connectivity index (χ1n) is 9.80. The van der Waals surface area contributed by atoms with Crippen molar-refractivity contribution >= 4 is 22.4 Å². The van der Waals surface area contributed by atoms with Crippen molar-refractivity contribution in [2.24, 2.45) is 0 Å². The molecule has 1 N–H and O–H groups in total. The Bertz CT molecular complexity index is 1120. The van der Waals surface area contributed by atoms with Crippen molar-refractivity contribution in [2.75, 3.05) is 19.5 Å². The standard InChI is InChI=1S/C25H22N2O3S/c1-29-20-13-14-21(30-2)19(15-20)16-22(28)26-25-27-23(17-9-5-3-6-10-17)24(31-25)18-11-7-4-8-12-18/h3-15H,16H2,1-2H3,(H,26,27,28). The van der Waals surface area contributed by atoms with E-state index in [2.05, 4.69) is 5.32 Å². The third-order valence-corrected chi connectivity index (χ3v) is 5.82. The monoisotopic (exact) mass is 430 g/mol. The Morgan fingerprint density at radius 2 is 1.58 bits per heavy atom. The van der Waals surface area contributed by atoms with E-state index in [1.807, 2.05) is 66.7 Å². The third-order valence-electron chi connectivity index (χ3n) is 4.80. The van der Waals surface area contributed by atoms with Gasteiger partial charge in [-0.2, -0.15) is 0 Å². The van der Waals surface area contributed by atoms with E-state index in [0.29, 0.717) is 16.6 Å². The van der Waals surface area contributed by atoms with Gasteiger partial charge in [0.05, 0.1) is 31.2 Å². The molecule has 0 saturated heterocycles. The Kier molecular flexibility index (Phi) is 6.29. The summed E-state index contributed by atoms with van der Waals surface area (Å²) in [5.74, 6) is 1.15. The number of amides is 1. The molecule has 0 spiro atoms. The van der Waals surface area contributed by atoms with Gasteiger partial charge in [0, 0.05) is 11.1 Å². The van der Waals surface area contributed by atoms with E-state index in [9.17, 15) is 4.79 Å². The first kappa shape index (κ1) is 20.6. The lowest BCUT2D eigenvalue weighted by Crippen LogP contribution is -2.14. The topological polar surface area (TPSA) is 60.5 Å². The van der Waals surface area contributed by atoms with E-state index < -0.39 is 0 Å². The van der Waals surface area contributed by atoms with Gasteiger partial charge in [-0.05, 0) is 23.8 Å². The molecule has 0 aliphatic heterocycles. The second-order valence-electron chi connectivity index (χ2n) is 6.83. The van der Waals surface area contributed by atoms with Gasteiger partial charge in [0.25, 0.3) is 0 Å². The van der Waals surface area contributed by atoms with Gasteiger partial charge in [-0.1, -0.05) is 72.0 Å². The summed E-state index contributed by atoms with van der Waals surface area (Å²) in [7, 11) is 3.18. The quantitative estimate of drug-likeness (QED) is 0.410. The summed E-state index contributed by atoms with van der Waals surface area (Å²) in [5, 5.41) is 3.51. The van der Waals surface area contributed by atoms with Crippen LogP contribution in [0, 0.1) is 0 Å². The first-order chi connectivity index (χ1) is 15.2. The van der Waals surface area contributed by atoms with Crippen molar-refractivity contribution in [3.63, 3.8) is 0 Å². The fourth-order valence-electron chi connectivity index (χ4n) is 3.31. The molecule has 3 aromatic carbocycles. The minimum Gasteiger partial charge on any atom is -0.497 e. The number of rotatable bonds is 7. The van der Waals surface area contributed by atoms with E-state index >= 15 is 0 Å². The van der Waals surface area contributed by atoms with Gasteiger partial charge in [-0.15, -0.1) is 0 Å².